The van der Waals surface area contributed by atoms with Crippen LogP contribution in [0.4, 0.5) is 0 Å². The van der Waals surface area contributed by atoms with Crippen molar-refractivity contribution in [3.05, 3.63) is 0 Å². The van der Waals surface area contributed by atoms with Crippen molar-refractivity contribution in [1.29, 1.82) is 0 Å². The summed E-state index contributed by atoms with van der Waals surface area (Å²) in [5.41, 5.74) is 5.63. The van der Waals surface area contributed by atoms with Crippen LogP contribution in [0, 0.1) is 0 Å². The van der Waals surface area contributed by atoms with E-state index in [0.717, 1.165) is 19.1 Å². The predicted octanol–water partition coefficient (Wildman–Crippen LogP) is -0.0668. The number of ether oxygens (including phenoxy) is 2. The fourth-order valence-electron chi connectivity index (χ4n) is 1.29. The highest BCUT2D eigenvalue weighted by atomic mass is 35.5. The molecule has 1 heterocycles. The first-order valence-electron chi connectivity index (χ1n) is 4.60. The van der Waals surface area contributed by atoms with Crippen molar-refractivity contribution in [3.8, 4) is 0 Å². The lowest BCUT2D eigenvalue weighted by Gasteiger charge is -2.26. The maximum absolute atomic E-state index is 10.7. The molecule has 0 aromatic heterocycles. The molecule has 1 aliphatic heterocycles. The Hall–Kier alpha value is 0.120. The number of hydrogen-bond acceptors (Lipinski definition) is 5. The van der Waals surface area contributed by atoms with Crippen LogP contribution in [0.1, 0.15) is 12.8 Å². The molecule has 1 saturated heterocycles. The highest BCUT2D eigenvalue weighted by Crippen LogP contribution is 2.12. The molecule has 0 radical (unpaired) electrons. The number of rotatable bonds is 4. The quantitative estimate of drug-likeness (QED) is 0.765. The molecular formula is C8H18ClNO4S. The molecule has 0 bridgehead atoms. The summed E-state index contributed by atoms with van der Waals surface area (Å²) in [6.07, 6.45) is 2.89. The van der Waals surface area contributed by atoms with Crippen LogP contribution >= 0.6 is 12.4 Å². The third-order valence-electron chi connectivity index (χ3n) is 2.01. The SMILES string of the molecule is CS(=O)(=O)COCC1CC[C@H](N)CO1.Cl. The van der Waals surface area contributed by atoms with Crippen LogP contribution in [0.25, 0.3) is 0 Å². The Morgan fingerprint density at radius 3 is 2.60 bits per heavy atom. The van der Waals surface area contributed by atoms with Gasteiger partial charge < -0.3 is 15.2 Å². The minimum Gasteiger partial charge on any atom is -0.374 e. The van der Waals surface area contributed by atoms with Crippen molar-refractivity contribution in [2.24, 2.45) is 5.73 Å². The Labute approximate surface area is 96.6 Å². The molecule has 1 unspecified atom stereocenters. The molecule has 1 rings (SSSR count). The maximum Gasteiger partial charge on any atom is 0.171 e. The van der Waals surface area contributed by atoms with Gasteiger partial charge in [-0.3, -0.25) is 0 Å². The first kappa shape index (κ1) is 15.1. The van der Waals surface area contributed by atoms with Gasteiger partial charge in [-0.25, -0.2) is 8.42 Å². The van der Waals surface area contributed by atoms with E-state index in [1.165, 1.54) is 0 Å². The molecule has 5 nitrogen and oxygen atoms in total. The van der Waals surface area contributed by atoms with E-state index in [9.17, 15) is 8.42 Å². The minimum absolute atomic E-state index is 0. The van der Waals surface area contributed by atoms with Gasteiger partial charge in [0.05, 0.1) is 19.3 Å². The average molecular weight is 260 g/mol. The number of halogens is 1. The van der Waals surface area contributed by atoms with Crippen LogP contribution < -0.4 is 5.73 Å². The Kier molecular flexibility index (Phi) is 6.70. The van der Waals surface area contributed by atoms with Crippen LogP contribution in [0.15, 0.2) is 0 Å². The van der Waals surface area contributed by atoms with Gasteiger partial charge in [0.15, 0.2) is 9.84 Å². The van der Waals surface area contributed by atoms with Gasteiger partial charge in [-0.05, 0) is 12.8 Å². The molecule has 15 heavy (non-hydrogen) atoms. The molecule has 1 fully saturated rings. The van der Waals surface area contributed by atoms with Crippen LogP contribution in [0.3, 0.4) is 0 Å². The zero-order valence-electron chi connectivity index (χ0n) is 8.72. The van der Waals surface area contributed by atoms with Gasteiger partial charge in [-0.1, -0.05) is 0 Å². The fourth-order valence-corrected chi connectivity index (χ4v) is 1.69. The van der Waals surface area contributed by atoms with Gasteiger partial charge in [-0.15, -0.1) is 12.4 Å². The Bertz CT molecular complexity index is 262. The lowest BCUT2D eigenvalue weighted by Crippen LogP contribution is -2.37. The number of hydrogen-bond donors (Lipinski definition) is 1. The maximum atomic E-state index is 10.7. The van der Waals surface area contributed by atoms with E-state index in [-0.39, 0.29) is 30.5 Å². The van der Waals surface area contributed by atoms with E-state index in [1.54, 1.807) is 0 Å². The van der Waals surface area contributed by atoms with Crippen LogP contribution in [0.2, 0.25) is 0 Å². The summed E-state index contributed by atoms with van der Waals surface area (Å²) in [4.78, 5) is 0. The summed E-state index contributed by atoms with van der Waals surface area (Å²) in [5.74, 6) is -0.237. The van der Waals surface area contributed by atoms with Gasteiger partial charge in [0.25, 0.3) is 0 Å². The summed E-state index contributed by atoms with van der Waals surface area (Å²) >= 11 is 0. The van der Waals surface area contributed by atoms with Crippen molar-refractivity contribution in [3.63, 3.8) is 0 Å². The monoisotopic (exact) mass is 259 g/mol. The second-order valence-electron chi connectivity index (χ2n) is 3.71. The summed E-state index contributed by atoms with van der Waals surface area (Å²) in [6.45, 7) is 0.868. The highest BCUT2D eigenvalue weighted by molar-refractivity contribution is 7.90. The number of nitrogens with two attached hydrogens (primary N) is 1. The highest BCUT2D eigenvalue weighted by Gasteiger charge is 2.19. The van der Waals surface area contributed by atoms with E-state index in [2.05, 4.69) is 0 Å². The lowest BCUT2D eigenvalue weighted by molar-refractivity contribution is -0.0394. The smallest absolute Gasteiger partial charge is 0.171 e. The normalized spacial score (nSPS) is 27.1. The molecule has 0 aromatic rings. The van der Waals surface area contributed by atoms with Gasteiger partial charge in [0, 0.05) is 12.3 Å². The zero-order valence-corrected chi connectivity index (χ0v) is 10.4. The summed E-state index contributed by atoms with van der Waals surface area (Å²) in [7, 11) is -3.04. The van der Waals surface area contributed by atoms with Crippen molar-refractivity contribution < 1.29 is 17.9 Å². The van der Waals surface area contributed by atoms with Gasteiger partial charge in [0.2, 0.25) is 0 Å². The van der Waals surface area contributed by atoms with Crippen molar-refractivity contribution in [1.82, 2.24) is 0 Å². The van der Waals surface area contributed by atoms with E-state index in [0.29, 0.717) is 13.2 Å². The third-order valence-corrected chi connectivity index (χ3v) is 2.60. The third kappa shape index (κ3) is 7.08. The first-order chi connectivity index (χ1) is 6.47. The largest absolute Gasteiger partial charge is 0.374 e. The number of sulfone groups is 1. The summed E-state index contributed by atoms with van der Waals surface area (Å²) < 4.78 is 31.9. The Morgan fingerprint density at radius 2 is 2.13 bits per heavy atom. The van der Waals surface area contributed by atoms with Crippen molar-refractivity contribution in [2.45, 2.75) is 25.0 Å². The standard InChI is InChI=1S/C8H17NO4S.ClH/c1-14(10,11)6-12-5-8-3-2-7(9)4-13-8;/h7-8H,2-6,9H2,1H3;1H/t7-,8?;/m0./s1. The average Bonchev–Trinajstić information content (AvgIpc) is 2.06. The fraction of sp³-hybridized carbons (Fsp3) is 1.00. The first-order valence-corrected chi connectivity index (χ1v) is 6.66. The van der Waals surface area contributed by atoms with Gasteiger partial charge in [-0.2, -0.15) is 0 Å². The molecular weight excluding hydrogens is 242 g/mol. The van der Waals surface area contributed by atoms with Crippen molar-refractivity contribution in [2.75, 3.05) is 25.4 Å². The molecule has 7 heteroatoms. The Balaban J connectivity index is 0.00000196. The van der Waals surface area contributed by atoms with Gasteiger partial charge in [0.1, 0.15) is 5.94 Å². The summed E-state index contributed by atoms with van der Waals surface area (Å²) in [6, 6.07) is 0.112. The van der Waals surface area contributed by atoms with E-state index >= 15 is 0 Å². The molecule has 0 aromatic carbocycles. The predicted molar refractivity (Wildman–Crippen MR) is 59.9 cm³/mol. The minimum atomic E-state index is -3.04. The molecule has 0 spiro atoms. The van der Waals surface area contributed by atoms with Crippen molar-refractivity contribution >= 4 is 22.2 Å². The molecule has 0 amide bonds. The van der Waals surface area contributed by atoms with Gasteiger partial charge >= 0.3 is 0 Å². The van der Waals surface area contributed by atoms with Crippen LogP contribution in [-0.4, -0.2) is 46.0 Å². The lowest BCUT2D eigenvalue weighted by atomic mass is 10.1. The molecule has 92 valence electrons. The molecule has 1 aliphatic rings. The Morgan fingerprint density at radius 1 is 1.47 bits per heavy atom. The topological polar surface area (TPSA) is 78.6 Å². The molecule has 0 saturated carbocycles. The molecule has 0 aliphatic carbocycles. The van der Waals surface area contributed by atoms with E-state index in [1.807, 2.05) is 0 Å². The second-order valence-corrected chi connectivity index (χ2v) is 5.79. The second kappa shape index (κ2) is 6.65. The van der Waals surface area contributed by atoms with E-state index < -0.39 is 9.84 Å². The zero-order chi connectivity index (χ0) is 10.6. The molecule has 2 atom stereocenters. The summed E-state index contributed by atoms with van der Waals surface area (Å²) in [5, 5.41) is 0. The van der Waals surface area contributed by atoms with Crippen LogP contribution in [-0.2, 0) is 19.3 Å². The molecule has 2 N–H and O–H groups in total. The van der Waals surface area contributed by atoms with Crippen LogP contribution in [0.5, 0.6) is 0 Å². The van der Waals surface area contributed by atoms with E-state index in [4.69, 9.17) is 15.2 Å².